The fourth-order valence-electron chi connectivity index (χ4n) is 1.99. The van der Waals surface area contributed by atoms with Gasteiger partial charge in [-0.15, -0.1) is 0 Å². The van der Waals surface area contributed by atoms with Crippen molar-refractivity contribution < 1.29 is 13.3 Å². The summed E-state index contributed by atoms with van der Waals surface area (Å²) >= 11 is 5.90. The van der Waals surface area contributed by atoms with Crippen molar-refractivity contribution in [1.82, 2.24) is 0 Å². The lowest BCUT2D eigenvalue weighted by molar-refractivity contribution is -0.384. The Morgan fingerprint density at radius 2 is 1.82 bits per heavy atom. The number of hydrogen-bond acceptors (Lipinski definition) is 4. The van der Waals surface area contributed by atoms with Gasteiger partial charge in [0.25, 0.3) is 15.7 Å². The van der Waals surface area contributed by atoms with Gasteiger partial charge in [0, 0.05) is 23.7 Å². The van der Waals surface area contributed by atoms with Gasteiger partial charge in [0.1, 0.15) is 0 Å². The predicted molar refractivity (Wildman–Crippen MR) is 84.8 cm³/mol. The number of sulfonamides is 1. The van der Waals surface area contributed by atoms with E-state index in [-0.39, 0.29) is 17.1 Å². The lowest BCUT2D eigenvalue weighted by Crippen LogP contribution is -2.30. The van der Waals surface area contributed by atoms with E-state index in [1.54, 1.807) is 31.2 Å². The van der Waals surface area contributed by atoms with Gasteiger partial charge in [0.05, 0.1) is 15.5 Å². The molecule has 0 aliphatic rings. The summed E-state index contributed by atoms with van der Waals surface area (Å²) in [5, 5.41) is 11.1. The zero-order chi connectivity index (χ0) is 16.3. The third-order valence-electron chi connectivity index (χ3n) is 3.02. The fraction of sp³-hybridized carbons (Fsp3) is 0.143. The van der Waals surface area contributed by atoms with Gasteiger partial charge in [-0.3, -0.25) is 14.4 Å². The summed E-state index contributed by atoms with van der Waals surface area (Å²) < 4.78 is 26.5. The molecule has 0 saturated carbocycles. The monoisotopic (exact) mass is 340 g/mol. The van der Waals surface area contributed by atoms with Crippen LogP contribution in [-0.4, -0.2) is 19.9 Å². The van der Waals surface area contributed by atoms with Crippen molar-refractivity contribution in [1.29, 1.82) is 0 Å². The van der Waals surface area contributed by atoms with Crippen LogP contribution in [0, 0.1) is 10.1 Å². The van der Waals surface area contributed by atoms with E-state index in [1.165, 1.54) is 28.6 Å². The normalized spacial score (nSPS) is 11.2. The highest BCUT2D eigenvalue weighted by molar-refractivity contribution is 7.92. The summed E-state index contributed by atoms with van der Waals surface area (Å²) in [6.45, 7) is 1.91. The van der Waals surface area contributed by atoms with Crippen LogP contribution in [0.2, 0.25) is 5.02 Å². The van der Waals surface area contributed by atoms with Gasteiger partial charge in [-0.1, -0.05) is 17.7 Å². The first-order chi connectivity index (χ1) is 10.4. The van der Waals surface area contributed by atoms with E-state index in [1.807, 2.05) is 0 Å². The highest BCUT2D eigenvalue weighted by Gasteiger charge is 2.24. The van der Waals surface area contributed by atoms with Crippen LogP contribution in [0.4, 0.5) is 11.4 Å². The van der Waals surface area contributed by atoms with Crippen LogP contribution in [0.15, 0.2) is 53.4 Å². The molecule has 0 bridgehead atoms. The molecule has 0 amide bonds. The molecule has 0 atom stereocenters. The Bertz CT molecular complexity index is 791. The first kappa shape index (κ1) is 16.3. The fourth-order valence-corrected chi connectivity index (χ4v) is 3.64. The molecule has 116 valence electrons. The number of anilines is 1. The zero-order valence-electron chi connectivity index (χ0n) is 11.6. The van der Waals surface area contributed by atoms with Gasteiger partial charge in [0.2, 0.25) is 0 Å². The molecule has 0 aliphatic carbocycles. The second kappa shape index (κ2) is 6.33. The van der Waals surface area contributed by atoms with Crippen LogP contribution < -0.4 is 4.31 Å². The molecule has 0 heterocycles. The van der Waals surface area contributed by atoms with E-state index in [0.29, 0.717) is 10.7 Å². The van der Waals surface area contributed by atoms with Crippen molar-refractivity contribution in [3.8, 4) is 0 Å². The number of nitrogens with zero attached hydrogens (tertiary/aromatic N) is 2. The molecule has 2 aromatic carbocycles. The first-order valence-corrected chi connectivity index (χ1v) is 8.21. The van der Waals surface area contributed by atoms with Crippen LogP contribution in [0.5, 0.6) is 0 Å². The Morgan fingerprint density at radius 3 is 2.32 bits per heavy atom. The Balaban J connectivity index is 2.44. The van der Waals surface area contributed by atoms with E-state index in [4.69, 9.17) is 11.6 Å². The van der Waals surface area contributed by atoms with Gasteiger partial charge < -0.3 is 0 Å². The van der Waals surface area contributed by atoms with Gasteiger partial charge in [0.15, 0.2) is 0 Å². The maximum absolute atomic E-state index is 12.7. The second-order valence-corrected chi connectivity index (χ2v) is 6.70. The molecule has 6 nitrogen and oxygen atoms in total. The Labute approximate surface area is 133 Å². The van der Waals surface area contributed by atoms with Crippen LogP contribution in [0.1, 0.15) is 6.92 Å². The Hall–Kier alpha value is -2.12. The van der Waals surface area contributed by atoms with E-state index < -0.39 is 14.9 Å². The predicted octanol–water partition coefficient (Wildman–Crippen LogP) is 3.46. The summed E-state index contributed by atoms with van der Waals surface area (Å²) in [5.74, 6) is 0. The highest BCUT2D eigenvalue weighted by atomic mass is 35.5. The van der Waals surface area contributed by atoms with Crippen molar-refractivity contribution in [2.75, 3.05) is 10.8 Å². The van der Waals surface area contributed by atoms with Crippen molar-refractivity contribution in [3.05, 3.63) is 63.7 Å². The number of non-ortho nitro benzene ring substituents is 1. The number of rotatable bonds is 5. The minimum absolute atomic E-state index is 0.0140. The Kier molecular flexibility index (Phi) is 4.68. The van der Waals surface area contributed by atoms with Crippen LogP contribution >= 0.6 is 11.6 Å². The molecule has 0 spiro atoms. The molecule has 2 aromatic rings. The number of nitro groups is 1. The van der Waals surface area contributed by atoms with E-state index in [0.717, 1.165) is 0 Å². The van der Waals surface area contributed by atoms with Crippen molar-refractivity contribution >= 4 is 33.0 Å². The van der Waals surface area contributed by atoms with Crippen molar-refractivity contribution in [2.45, 2.75) is 11.8 Å². The molecule has 0 N–H and O–H groups in total. The summed E-state index contributed by atoms with van der Waals surface area (Å²) in [4.78, 5) is 10.0. The molecule has 22 heavy (non-hydrogen) atoms. The third kappa shape index (κ3) is 3.20. The molecule has 2 rings (SSSR count). The first-order valence-electron chi connectivity index (χ1n) is 6.39. The quantitative estimate of drug-likeness (QED) is 0.616. The number of hydrogen-bond donors (Lipinski definition) is 0. The Morgan fingerprint density at radius 1 is 1.18 bits per heavy atom. The van der Waals surface area contributed by atoms with Gasteiger partial charge in [-0.2, -0.15) is 0 Å². The summed E-state index contributed by atoms with van der Waals surface area (Å²) in [7, 11) is -3.81. The average Bonchev–Trinajstić information content (AvgIpc) is 2.48. The van der Waals surface area contributed by atoms with Gasteiger partial charge in [-0.25, -0.2) is 8.42 Å². The average molecular weight is 341 g/mol. The van der Waals surface area contributed by atoms with E-state index >= 15 is 0 Å². The molecule has 0 aromatic heterocycles. The van der Waals surface area contributed by atoms with Crippen molar-refractivity contribution in [3.63, 3.8) is 0 Å². The molecule has 8 heteroatoms. The number of nitro benzene ring substituents is 1. The summed E-state index contributed by atoms with van der Waals surface area (Å²) in [5.41, 5.74) is 0.276. The maximum Gasteiger partial charge on any atom is 0.269 e. The zero-order valence-corrected chi connectivity index (χ0v) is 13.2. The smallest absolute Gasteiger partial charge is 0.267 e. The van der Waals surface area contributed by atoms with E-state index in [2.05, 4.69) is 0 Å². The number of halogens is 1. The second-order valence-electron chi connectivity index (χ2n) is 4.40. The largest absolute Gasteiger partial charge is 0.269 e. The van der Waals surface area contributed by atoms with Crippen LogP contribution in [0.3, 0.4) is 0 Å². The third-order valence-corrected chi connectivity index (χ3v) is 5.17. The standard InChI is InChI=1S/C14H13ClN2O4S/c1-2-16(13-5-3-4-11(15)10-13)22(20,21)14-8-6-12(7-9-14)17(18)19/h3-10H,2H2,1H3. The highest BCUT2D eigenvalue weighted by Crippen LogP contribution is 2.26. The lowest BCUT2D eigenvalue weighted by atomic mass is 10.3. The summed E-state index contributed by atoms with van der Waals surface area (Å²) in [6, 6.07) is 11.3. The lowest BCUT2D eigenvalue weighted by Gasteiger charge is -2.23. The van der Waals surface area contributed by atoms with Crippen molar-refractivity contribution in [2.24, 2.45) is 0 Å². The van der Waals surface area contributed by atoms with Crippen LogP contribution in [-0.2, 0) is 10.0 Å². The molecular formula is C14H13ClN2O4S. The van der Waals surface area contributed by atoms with Gasteiger partial charge in [-0.05, 0) is 37.3 Å². The maximum atomic E-state index is 12.7. The SMILES string of the molecule is CCN(c1cccc(Cl)c1)S(=O)(=O)c1ccc([N+](=O)[O-])cc1. The molecule has 0 aliphatic heterocycles. The van der Waals surface area contributed by atoms with Crippen LogP contribution in [0.25, 0.3) is 0 Å². The number of benzene rings is 2. The minimum Gasteiger partial charge on any atom is -0.267 e. The van der Waals surface area contributed by atoms with Gasteiger partial charge >= 0.3 is 0 Å². The topological polar surface area (TPSA) is 80.5 Å². The molecule has 0 radical (unpaired) electrons. The van der Waals surface area contributed by atoms with E-state index in [9.17, 15) is 18.5 Å². The molecule has 0 saturated heterocycles. The molecule has 0 fully saturated rings. The molecule has 0 unspecified atom stereocenters. The molecular weight excluding hydrogens is 328 g/mol. The minimum atomic E-state index is -3.81. The summed E-state index contributed by atoms with van der Waals surface area (Å²) in [6.07, 6.45) is 0.